The van der Waals surface area contributed by atoms with Crippen molar-refractivity contribution in [2.45, 2.75) is 24.8 Å². The van der Waals surface area contributed by atoms with Crippen LogP contribution in [0.3, 0.4) is 0 Å². The minimum atomic E-state index is 0.0908. The molecular weight excluding hydrogens is 390 g/mol. The number of thiophene rings is 1. The zero-order valence-corrected chi connectivity index (χ0v) is 14.1. The SMILES string of the molecule is NNC(c1cc(Br)sc1Br)C1CCc2cccnc21. The second kappa shape index (κ2) is 5.61. The third-order valence-electron chi connectivity index (χ3n) is 3.60. The quantitative estimate of drug-likeness (QED) is 0.604. The van der Waals surface area contributed by atoms with Crippen molar-refractivity contribution in [1.29, 1.82) is 0 Å². The second-order valence-electron chi connectivity index (χ2n) is 4.62. The van der Waals surface area contributed by atoms with Gasteiger partial charge in [0.05, 0.1) is 13.6 Å². The Kier molecular flexibility index (Phi) is 4.05. The Morgan fingerprint density at radius 2 is 2.32 bits per heavy atom. The van der Waals surface area contributed by atoms with Crippen molar-refractivity contribution in [3.63, 3.8) is 0 Å². The highest BCUT2D eigenvalue weighted by Gasteiger charge is 2.33. The van der Waals surface area contributed by atoms with E-state index in [4.69, 9.17) is 5.84 Å². The molecule has 0 saturated carbocycles. The summed E-state index contributed by atoms with van der Waals surface area (Å²) in [7, 11) is 0. The van der Waals surface area contributed by atoms with Crippen molar-refractivity contribution in [2.24, 2.45) is 5.84 Å². The van der Waals surface area contributed by atoms with Gasteiger partial charge in [0, 0.05) is 17.8 Å². The van der Waals surface area contributed by atoms with Crippen LogP contribution in [0.15, 0.2) is 32.0 Å². The minimum absolute atomic E-state index is 0.0908. The van der Waals surface area contributed by atoms with Gasteiger partial charge in [-0.05, 0) is 68.0 Å². The number of halogens is 2. The molecule has 2 aromatic heterocycles. The van der Waals surface area contributed by atoms with Gasteiger partial charge >= 0.3 is 0 Å². The number of nitrogens with zero attached hydrogens (tertiary/aromatic N) is 1. The van der Waals surface area contributed by atoms with Crippen LogP contribution in [-0.2, 0) is 6.42 Å². The highest BCUT2D eigenvalue weighted by atomic mass is 79.9. The van der Waals surface area contributed by atoms with Crippen LogP contribution in [0.4, 0.5) is 0 Å². The summed E-state index contributed by atoms with van der Waals surface area (Å²) in [6.45, 7) is 0. The van der Waals surface area contributed by atoms with Crippen molar-refractivity contribution in [2.75, 3.05) is 0 Å². The maximum absolute atomic E-state index is 5.81. The summed E-state index contributed by atoms with van der Waals surface area (Å²) in [4.78, 5) is 4.55. The molecule has 2 unspecified atom stereocenters. The van der Waals surface area contributed by atoms with E-state index in [-0.39, 0.29) is 6.04 Å². The maximum atomic E-state index is 5.81. The molecule has 0 spiro atoms. The lowest BCUT2D eigenvalue weighted by Crippen LogP contribution is -2.32. The predicted molar refractivity (Wildman–Crippen MR) is 85.1 cm³/mol. The summed E-state index contributed by atoms with van der Waals surface area (Å²) < 4.78 is 2.22. The zero-order valence-electron chi connectivity index (χ0n) is 10.1. The molecule has 2 aromatic rings. The predicted octanol–water partition coefficient (Wildman–Crippen LogP) is 3.90. The van der Waals surface area contributed by atoms with Gasteiger partial charge < -0.3 is 0 Å². The molecule has 1 aliphatic carbocycles. The topological polar surface area (TPSA) is 50.9 Å². The molecule has 2 heterocycles. The number of hydrogen-bond donors (Lipinski definition) is 2. The third kappa shape index (κ3) is 2.52. The molecule has 0 saturated heterocycles. The van der Waals surface area contributed by atoms with Crippen molar-refractivity contribution in [3.05, 3.63) is 48.8 Å². The molecule has 3 N–H and O–H groups in total. The monoisotopic (exact) mass is 401 g/mol. The molecular formula is C13H13Br2N3S. The van der Waals surface area contributed by atoms with Crippen molar-refractivity contribution < 1.29 is 0 Å². The zero-order chi connectivity index (χ0) is 13.4. The molecule has 2 atom stereocenters. The minimum Gasteiger partial charge on any atom is -0.271 e. The standard InChI is InChI=1S/C13H13Br2N3S/c14-10-6-9(13(15)19-10)12(18-16)8-4-3-7-2-1-5-17-11(7)8/h1-2,5-6,8,12,18H,3-4,16H2. The summed E-state index contributed by atoms with van der Waals surface area (Å²) in [6.07, 6.45) is 4.03. The number of aryl methyl sites for hydroxylation is 1. The Morgan fingerprint density at radius 3 is 3.00 bits per heavy atom. The Hall–Kier alpha value is -0.270. The lowest BCUT2D eigenvalue weighted by molar-refractivity contribution is 0.447. The summed E-state index contributed by atoms with van der Waals surface area (Å²) in [5.74, 6) is 6.14. The fraction of sp³-hybridized carbons (Fsp3) is 0.308. The van der Waals surface area contributed by atoms with Gasteiger partial charge in [-0.25, -0.2) is 0 Å². The third-order valence-corrected chi connectivity index (χ3v) is 5.99. The van der Waals surface area contributed by atoms with E-state index in [0.29, 0.717) is 5.92 Å². The second-order valence-corrected chi connectivity index (χ2v) is 8.37. The number of nitrogens with one attached hydrogen (secondary N) is 1. The number of rotatable bonds is 3. The van der Waals surface area contributed by atoms with E-state index in [1.807, 2.05) is 12.3 Å². The maximum Gasteiger partial charge on any atom is 0.0759 e. The molecule has 3 rings (SSSR count). The molecule has 6 heteroatoms. The van der Waals surface area contributed by atoms with Crippen molar-refractivity contribution >= 4 is 43.2 Å². The normalized spacial score (nSPS) is 19.4. The average Bonchev–Trinajstić information content (AvgIpc) is 2.96. The van der Waals surface area contributed by atoms with Crippen LogP contribution in [0.25, 0.3) is 0 Å². The number of hydrazine groups is 1. The number of hydrogen-bond acceptors (Lipinski definition) is 4. The summed E-state index contributed by atoms with van der Waals surface area (Å²) >= 11 is 8.81. The van der Waals surface area contributed by atoms with E-state index in [2.05, 4.69) is 54.4 Å². The van der Waals surface area contributed by atoms with Gasteiger partial charge in [0.1, 0.15) is 0 Å². The van der Waals surface area contributed by atoms with Gasteiger partial charge in [-0.3, -0.25) is 16.3 Å². The lowest BCUT2D eigenvalue weighted by atomic mass is 9.93. The number of nitrogens with two attached hydrogens (primary N) is 1. The summed E-state index contributed by atoms with van der Waals surface area (Å²) in [5.41, 5.74) is 6.69. The molecule has 100 valence electrons. The van der Waals surface area contributed by atoms with Crippen LogP contribution in [0, 0.1) is 0 Å². The molecule has 0 fully saturated rings. The first kappa shape index (κ1) is 13.7. The van der Waals surface area contributed by atoms with Crippen LogP contribution in [0.5, 0.6) is 0 Å². The first-order chi connectivity index (χ1) is 9.20. The Morgan fingerprint density at radius 1 is 1.47 bits per heavy atom. The lowest BCUT2D eigenvalue weighted by Gasteiger charge is -2.22. The van der Waals surface area contributed by atoms with Crippen molar-refractivity contribution in [3.8, 4) is 0 Å². The molecule has 1 aliphatic rings. The molecule has 0 aliphatic heterocycles. The van der Waals surface area contributed by atoms with Gasteiger partial charge in [0.2, 0.25) is 0 Å². The fourth-order valence-corrected chi connectivity index (χ4v) is 5.69. The van der Waals surface area contributed by atoms with E-state index in [1.54, 1.807) is 11.3 Å². The largest absolute Gasteiger partial charge is 0.271 e. The molecule has 0 amide bonds. The summed E-state index contributed by atoms with van der Waals surface area (Å²) in [5, 5.41) is 0. The Labute approximate surface area is 132 Å². The smallest absolute Gasteiger partial charge is 0.0759 e. The number of aromatic nitrogens is 1. The molecule has 0 aromatic carbocycles. The fourth-order valence-electron chi connectivity index (χ4n) is 2.76. The molecule has 19 heavy (non-hydrogen) atoms. The first-order valence-electron chi connectivity index (χ1n) is 6.05. The van der Waals surface area contributed by atoms with Gasteiger partial charge in [-0.15, -0.1) is 11.3 Å². The average molecular weight is 403 g/mol. The van der Waals surface area contributed by atoms with Crippen molar-refractivity contribution in [1.82, 2.24) is 10.4 Å². The Balaban J connectivity index is 1.99. The van der Waals surface area contributed by atoms with Crippen LogP contribution in [0.2, 0.25) is 0 Å². The highest BCUT2D eigenvalue weighted by molar-refractivity contribution is 9.12. The number of pyridine rings is 1. The molecule has 0 bridgehead atoms. The van der Waals surface area contributed by atoms with Gasteiger partial charge in [-0.1, -0.05) is 6.07 Å². The van der Waals surface area contributed by atoms with Gasteiger partial charge in [0.25, 0.3) is 0 Å². The van der Waals surface area contributed by atoms with Gasteiger partial charge in [-0.2, -0.15) is 0 Å². The highest BCUT2D eigenvalue weighted by Crippen LogP contribution is 2.44. The van der Waals surface area contributed by atoms with E-state index in [1.165, 1.54) is 16.8 Å². The summed E-state index contributed by atoms with van der Waals surface area (Å²) in [6, 6.07) is 6.38. The van der Waals surface area contributed by atoms with E-state index < -0.39 is 0 Å². The van der Waals surface area contributed by atoms with E-state index >= 15 is 0 Å². The van der Waals surface area contributed by atoms with Crippen LogP contribution < -0.4 is 11.3 Å². The van der Waals surface area contributed by atoms with E-state index in [0.717, 1.165) is 20.4 Å². The molecule has 3 nitrogen and oxygen atoms in total. The van der Waals surface area contributed by atoms with E-state index in [9.17, 15) is 0 Å². The van der Waals surface area contributed by atoms with Crippen LogP contribution in [-0.4, -0.2) is 4.98 Å². The molecule has 0 radical (unpaired) electrons. The number of fused-ring (bicyclic) bond motifs is 1. The Bertz CT molecular complexity index is 599. The van der Waals surface area contributed by atoms with Gasteiger partial charge in [0.15, 0.2) is 0 Å². The van der Waals surface area contributed by atoms with Crippen LogP contribution >= 0.6 is 43.2 Å². The van der Waals surface area contributed by atoms with Crippen LogP contribution in [0.1, 0.15) is 35.2 Å². The first-order valence-corrected chi connectivity index (χ1v) is 8.45.